The molecular weight excluding hydrogens is 762 g/mol. The van der Waals surface area contributed by atoms with Crippen LogP contribution in [0.25, 0.3) is 0 Å². The van der Waals surface area contributed by atoms with E-state index in [4.69, 9.17) is 14.2 Å². The summed E-state index contributed by atoms with van der Waals surface area (Å²) < 4.78 is 15.9. The molecule has 6 nitrogen and oxygen atoms in total. The van der Waals surface area contributed by atoms with E-state index in [1.165, 1.54) is 0 Å². The Labute approximate surface area is 249 Å². The third-order valence-electron chi connectivity index (χ3n) is 4.69. The quantitative estimate of drug-likeness (QED) is 0.0792. The Kier molecular flexibility index (Phi) is 12.1. The Bertz CT molecular complexity index is 1240. The van der Waals surface area contributed by atoms with Gasteiger partial charge in [-0.15, -0.1) is 0 Å². The van der Waals surface area contributed by atoms with Crippen LogP contribution in [0.2, 0.25) is 0 Å². The Balaban J connectivity index is 1.76. The van der Waals surface area contributed by atoms with Crippen molar-refractivity contribution in [1.82, 2.24) is 0 Å². The molecule has 0 aliphatic heterocycles. The molecule has 0 spiro atoms. The summed E-state index contributed by atoms with van der Waals surface area (Å²) in [5.41, 5.74) is 1.01. The van der Waals surface area contributed by atoms with Crippen molar-refractivity contribution >= 4 is 60.8 Å². The minimum absolute atomic E-state index is 0.336. The van der Waals surface area contributed by atoms with Gasteiger partial charge in [0, 0.05) is 0 Å². The average Bonchev–Trinajstić information content (AvgIpc) is 2.91. The van der Waals surface area contributed by atoms with Crippen LogP contribution in [0.3, 0.4) is 0 Å². The third kappa shape index (κ3) is 10.3. The molecule has 0 heterocycles. The molecule has 0 amide bonds. The van der Waals surface area contributed by atoms with Crippen LogP contribution >= 0.6 is 25.6 Å². The Morgan fingerprint density at radius 3 is 0.925 bits per heavy atom. The van der Waals surface area contributed by atoms with Crippen molar-refractivity contribution in [3.63, 3.8) is 0 Å². The molecule has 0 aliphatic rings. The number of carbonyl (C=O) groups is 3. The monoisotopic (exact) mass is 788 g/mol. The maximum atomic E-state index is 11.8. The van der Waals surface area contributed by atoms with Crippen molar-refractivity contribution in [2.75, 3.05) is 0 Å². The SMILES string of the molecule is C=C(C)C(=O)Oc1ccc([S][Bi]([S]c2ccc(OC(=O)C(=C)C)cc2)[S]c2ccc(OC(=O)C(=C)C)cc2)cc1. The molecule has 0 bridgehead atoms. The predicted octanol–water partition coefficient (Wildman–Crippen LogP) is 7.79. The number of rotatable bonds is 12. The van der Waals surface area contributed by atoms with Gasteiger partial charge in [0.15, 0.2) is 0 Å². The zero-order chi connectivity index (χ0) is 29.2. The maximum absolute atomic E-state index is 11.8. The van der Waals surface area contributed by atoms with Crippen LogP contribution < -0.4 is 14.2 Å². The second-order valence-corrected chi connectivity index (χ2v) is 34.2. The van der Waals surface area contributed by atoms with Crippen molar-refractivity contribution < 1.29 is 28.6 Å². The summed E-state index contributed by atoms with van der Waals surface area (Å²) in [6, 6.07) is 22.3. The molecule has 3 rings (SSSR count). The van der Waals surface area contributed by atoms with E-state index in [0.29, 0.717) is 34.0 Å². The first-order chi connectivity index (χ1) is 19.0. The van der Waals surface area contributed by atoms with Crippen LogP contribution in [0.1, 0.15) is 20.8 Å². The average molecular weight is 789 g/mol. The van der Waals surface area contributed by atoms with Gasteiger partial charge in [-0.25, -0.2) is 0 Å². The van der Waals surface area contributed by atoms with Crippen molar-refractivity contribution in [1.29, 1.82) is 0 Å². The molecule has 206 valence electrons. The van der Waals surface area contributed by atoms with Gasteiger partial charge >= 0.3 is 251 Å². The van der Waals surface area contributed by atoms with Crippen molar-refractivity contribution in [2.24, 2.45) is 0 Å². The molecule has 40 heavy (non-hydrogen) atoms. The number of carbonyl (C=O) groups excluding carboxylic acids is 3. The molecule has 10 heteroatoms. The Morgan fingerprint density at radius 2 is 0.725 bits per heavy atom. The Morgan fingerprint density at radius 1 is 0.500 bits per heavy atom. The van der Waals surface area contributed by atoms with Gasteiger partial charge in [0.05, 0.1) is 0 Å². The summed E-state index contributed by atoms with van der Waals surface area (Å²) in [5.74, 6) is 0.00372. The number of hydrogen-bond donors (Lipinski definition) is 0. The van der Waals surface area contributed by atoms with E-state index in [9.17, 15) is 14.4 Å². The second kappa shape index (κ2) is 15.3. The second-order valence-electron chi connectivity index (χ2n) is 8.42. The zero-order valence-electron chi connectivity index (χ0n) is 22.2. The molecule has 0 atom stereocenters. The summed E-state index contributed by atoms with van der Waals surface area (Å²) in [5, 5.41) is 0. The number of ether oxygens (including phenoxy) is 3. The molecule has 3 aromatic rings. The van der Waals surface area contributed by atoms with E-state index >= 15 is 0 Å². The fourth-order valence-corrected chi connectivity index (χ4v) is 32.1. The molecule has 0 saturated heterocycles. The van der Waals surface area contributed by atoms with Crippen LogP contribution in [-0.4, -0.2) is 35.3 Å². The van der Waals surface area contributed by atoms with Gasteiger partial charge < -0.3 is 0 Å². The van der Waals surface area contributed by atoms with Gasteiger partial charge in [0.2, 0.25) is 0 Å². The standard InChI is InChI=1S/3C10H10O2S.Bi/c3*1-7(2)10(11)12-8-3-5-9(13)6-4-8;/h3*3-6,13H,1H2,2H3;/q;;;+3/p-3. The molecule has 0 fully saturated rings. The van der Waals surface area contributed by atoms with E-state index in [2.05, 4.69) is 19.7 Å². The fourth-order valence-electron chi connectivity index (χ4n) is 2.60. The van der Waals surface area contributed by atoms with Gasteiger partial charge in [-0.2, -0.15) is 0 Å². The van der Waals surface area contributed by atoms with Crippen LogP contribution in [0, 0.1) is 0 Å². The molecule has 0 saturated carbocycles. The first kappa shape index (κ1) is 31.7. The topological polar surface area (TPSA) is 78.9 Å². The summed E-state index contributed by atoms with van der Waals surface area (Å²) in [6.45, 7) is 15.6. The van der Waals surface area contributed by atoms with E-state index < -0.39 is 35.3 Å². The summed E-state index contributed by atoms with van der Waals surface area (Å²) in [7, 11) is 5.48. The van der Waals surface area contributed by atoms with Gasteiger partial charge in [0.1, 0.15) is 0 Å². The predicted molar refractivity (Wildman–Crippen MR) is 164 cm³/mol. The minimum atomic E-state index is -2.49. The molecule has 0 aromatic heterocycles. The van der Waals surface area contributed by atoms with Crippen LogP contribution in [0.4, 0.5) is 0 Å². The summed E-state index contributed by atoms with van der Waals surface area (Å²) in [6.07, 6.45) is 0. The Hall–Kier alpha value is -2.78. The molecule has 0 unspecified atom stereocenters. The van der Waals surface area contributed by atoms with Crippen molar-refractivity contribution in [2.45, 2.75) is 35.5 Å². The van der Waals surface area contributed by atoms with Gasteiger partial charge in [-0.1, -0.05) is 0 Å². The molecule has 0 aliphatic carbocycles. The van der Waals surface area contributed by atoms with Crippen molar-refractivity contribution in [3.8, 4) is 17.2 Å². The number of esters is 3. The molecular formula is C30H27BiO6S3. The van der Waals surface area contributed by atoms with Crippen molar-refractivity contribution in [3.05, 3.63) is 109 Å². The normalized spacial score (nSPS) is 10.5. The molecule has 0 radical (unpaired) electrons. The summed E-state index contributed by atoms with van der Waals surface area (Å²) >= 11 is -2.49. The van der Waals surface area contributed by atoms with Gasteiger partial charge in [-0.3, -0.25) is 0 Å². The number of benzene rings is 3. The molecule has 3 aromatic carbocycles. The fraction of sp³-hybridized carbons (Fsp3) is 0.100. The first-order valence-corrected chi connectivity index (χ1v) is 26.9. The zero-order valence-corrected chi connectivity index (χ0v) is 28.1. The first-order valence-electron chi connectivity index (χ1n) is 11.8. The molecule has 0 N–H and O–H groups in total. The van der Waals surface area contributed by atoms with E-state index in [1.54, 1.807) is 57.2 Å². The number of hydrogen-bond acceptors (Lipinski definition) is 9. The van der Waals surface area contributed by atoms with E-state index in [1.807, 2.05) is 62.0 Å². The summed E-state index contributed by atoms with van der Waals surface area (Å²) in [4.78, 5) is 38.7. The van der Waals surface area contributed by atoms with Crippen LogP contribution in [0.5, 0.6) is 17.2 Å². The van der Waals surface area contributed by atoms with E-state index in [-0.39, 0.29) is 0 Å². The third-order valence-corrected chi connectivity index (χ3v) is 30.9. The van der Waals surface area contributed by atoms with Gasteiger partial charge in [-0.05, 0) is 0 Å². The van der Waals surface area contributed by atoms with Crippen LogP contribution in [-0.2, 0) is 14.4 Å². The van der Waals surface area contributed by atoms with Crippen LogP contribution in [0.15, 0.2) is 124 Å². The van der Waals surface area contributed by atoms with E-state index in [0.717, 1.165) is 14.7 Å². The van der Waals surface area contributed by atoms with Gasteiger partial charge in [0.25, 0.3) is 0 Å².